The van der Waals surface area contributed by atoms with E-state index in [-0.39, 0.29) is 17.4 Å². The summed E-state index contributed by atoms with van der Waals surface area (Å²) in [6.45, 7) is 4.78. The van der Waals surface area contributed by atoms with Gasteiger partial charge >= 0.3 is 0 Å². The molecule has 0 amide bonds. The number of rotatable bonds is 4. The zero-order valence-electron chi connectivity index (χ0n) is 15.6. The lowest BCUT2D eigenvalue weighted by molar-refractivity contribution is 0.0363. The molecule has 3 aromatic rings. The number of hydrogen-bond donors (Lipinski definition) is 2. The maximum Gasteiger partial charge on any atom is 0.158 e. The number of phenolic OH excluding ortho intramolecular Hbond substituents is 1. The Labute approximate surface area is 157 Å². The van der Waals surface area contributed by atoms with Gasteiger partial charge in [-0.2, -0.15) is 0 Å². The van der Waals surface area contributed by atoms with E-state index in [1.807, 2.05) is 6.07 Å². The first-order valence-electron chi connectivity index (χ1n) is 8.85. The smallest absolute Gasteiger partial charge is 0.158 e. The highest BCUT2D eigenvalue weighted by Crippen LogP contribution is 2.36. The molecule has 2 aromatic heterocycles. The SMILES string of the molecule is COc1ccc(-c2nnc(N[C@H]3COC(C)(C)C3)c3cnccc23)c(O)c1. The van der Waals surface area contributed by atoms with Crippen molar-refractivity contribution in [1.82, 2.24) is 15.2 Å². The van der Waals surface area contributed by atoms with Crippen molar-refractivity contribution in [3.8, 4) is 22.8 Å². The molecule has 140 valence electrons. The molecule has 0 bridgehead atoms. The largest absolute Gasteiger partial charge is 0.507 e. The van der Waals surface area contributed by atoms with Crippen LogP contribution in [0.25, 0.3) is 22.0 Å². The molecule has 3 heterocycles. The predicted octanol–water partition coefficient (Wildman–Crippen LogP) is 3.39. The molecule has 0 spiro atoms. The fraction of sp³-hybridized carbons (Fsp3) is 0.350. The van der Waals surface area contributed by atoms with Crippen molar-refractivity contribution in [3.05, 3.63) is 36.7 Å². The fourth-order valence-corrected chi connectivity index (χ4v) is 3.47. The van der Waals surface area contributed by atoms with Crippen LogP contribution in [0.1, 0.15) is 20.3 Å². The Balaban J connectivity index is 1.75. The van der Waals surface area contributed by atoms with E-state index >= 15 is 0 Å². The number of aromatic hydroxyl groups is 1. The minimum atomic E-state index is -0.145. The van der Waals surface area contributed by atoms with Gasteiger partial charge in [-0.1, -0.05) is 0 Å². The molecule has 7 heteroatoms. The first-order valence-corrected chi connectivity index (χ1v) is 8.85. The number of nitrogens with one attached hydrogen (secondary N) is 1. The van der Waals surface area contributed by atoms with Gasteiger partial charge in [0.05, 0.1) is 25.4 Å². The summed E-state index contributed by atoms with van der Waals surface area (Å²) in [5.41, 5.74) is 1.05. The maximum absolute atomic E-state index is 10.4. The quantitative estimate of drug-likeness (QED) is 0.731. The predicted molar refractivity (Wildman–Crippen MR) is 103 cm³/mol. The highest BCUT2D eigenvalue weighted by molar-refractivity contribution is 6.00. The average Bonchev–Trinajstić information content (AvgIpc) is 3.01. The number of ether oxygens (including phenoxy) is 2. The first kappa shape index (κ1) is 17.5. The third-order valence-electron chi connectivity index (χ3n) is 4.80. The van der Waals surface area contributed by atoms with E-state index < -0.39 is 0 Å². The molecule has 1 fully saturated rings. The van der Waals surface area contributed by atoms with Gasteiger partial charge in [-0.3, -0.25) is 4.98 Å². The molecule has 0 unspecified atom stereocenters. The van der Waals surface area contributed by atoms with E-state index in [9.17, 15) is 5.11 Å². The minimum Gasteiger partial charge on any atom is -0.507 e. The Bertz CT molecular complexity index is 990. The van der Waals surface area contributed by atoms with Crippen LogP contribution >= 0.6 is 0 Å². The number of nitrogens with zero attached hydrogens (tertiary/aromatic N) is 3. The Morgan fingerprint density at radius 3 is 2.78 bits per heavy atom. The van der Waals surface area contributed by atoms with Crippen molar-refractivity contribution in [1.29, 1.82) is 0 Å². The molecule has 0 saturated carbocycles. The summed E-state index contributed by atoms with van der Waals surface area (Å²) in [6, 6.07) is 7.17. The van der Waals surface area contributed by atoms with Crippen molar-refractivity contribution < 1.29 is 14.6 Å². The highest BCUT2D eigenvalue weighted by atomic mass is 16.5. The summed E-state index contributed by atoms with van der Waals surface area (Å²) >= 11 is 0. The number of fused-ring (bicyclic) bond motifs is 1. The Kier molecular flexibility index (Phi) is 4.31. The number of benzene rings is 1. The van der Waals surface area contributed by atoms with Crippen molar-refractivity contribution in [2.45, 2.75) is 31.9 Å². The van der Waals surface area contributed by atoms with E-state index in [1.54, 1.807) is 37.7 Å². The van der Waals surface area contributed by atoms with Gasteiger partial charge < -0.3 is 19.9 Å². The van der Waals surface area contributed by atoms with Crippen LogP contribution in [-0.2, 0) is 4.74 Å². The number of pyridine rings is 1. The third kappa shape index (κ3) is 3.38. The number of hydrogen-bond acceptors (Lipinski definition) is 7. The van der Waals surface area contributed by atoms with E-state index in [0.717, 1.165) is 17.2 Å². The molecule has 0 aliphatic carbocycles. The van der Waals surface area contributed by atoms with E-state index in [0.29, 0.717) is 29.4 Å². The van der Waals surface area contributed by atoms with Crippen LogP contribution in [0.3, 0.4) is 0 Å². The van der Waals surface area contributed by atoms with Gasteiger partial charge in [0, 0.05) is 34.8 Å². The van der Waals surface area contributed by atoms with Crippen LogP contribution in [0.2, 0.25) is 0 Å². The second-order valence-corrected chi connectivity index (χ2v) is 7.32. The van der Waals surface area contributed by atoms with Crippen LogP contribution in [-0.4, -0.2) is 45.6 Å². The standard InChI is InChI=1S/C20H22N4O3/c1-20(2)9-12(11-27-20)22-19-16-10-21-7-6-14(16)18(23-24-19)15-5-4-13(26-3)8-17(15)25/h4-8,10,12,25H,9,11H2,1-3H3,(H,22,24)/t12-/m1/s1. The van der Waals surface area contributed by atoms with Gasteiger partial charge in [-0.25, -0.2) is 0 Å². The van der Waals surface area contributed by atoms with Crippen molar-refractivity contribution in [3.63, 3.8) is 0 Å². The van der Waals surface area contributed by atoms with Gasteiger partial charge in [0.2, 0.25) is 0 Å². The molecule has 0 radical (unpaired) electrons. The van der Waals surface area contributed by atoms with Crippen LogP contribution in [0, 0.1) is 0 Å². The summed E-state index contributed by atoms with van der Waals surface area (Å²) in [5, 5.41) is 24.3. The van der Waals surface area contributed by atoms with E-state index in [1.165, 1.54) is 0 Å². The lowest BCUT2D eigenvalue weighted by atomic mass is 10.0. The molecule has 1 aromatic carbocycles. The zero-order valence-corrected chi connectivity index (χ0v) is 15.6. The summed E-state index contributed by atoms with van der Waals surface area (Å²) < 4.78 is 11.0. The van der Waals surface area contributed by atoms with Crippen molar-refractivity contribution in [2.75, 3.05) is 19.0 Å². The van der Waals surface area contributed by atoms with Crippen LogP contribution in [0.4, 0.5) is 5.82 Å². The van der Waals surface area contributed by atoms with Gasteiger partial charge in [0.15, 0.2) is 5.82 Å². The normalized spacial score (nSPS) is 18.6. The minimum absolute atomic E-state index is 0.0911. The number of aromatic nitrogens is 3. The molecular weight excluding hydrogens is 344 g/mol. The number of phenols is 1. The van der Waals surface area contributed by atoms with Gasteiger partial charge in [-0.05, 0) is 38.5 Å². The van der Waals surface area contributed by atoms with Gasteiger partial charge in [-0.15, -0.1) is 10.2 Å². The molecule has 2 N–H and O–H groups in total. The molecule has 27 heavy (non-hydrogen) atoms. The lowest BCUT2D eigenvalue weighted by Gasteiger charge is -2.17. The average molecular weight is 366 g/mol. The molecule has 1 saturated heterocycles. The van der Waals surface area contributed by atoms with E-state index in [4.69, 9.17) is 9.47 Å². The zero-order chi connectivity index (χ0) is 19.0. The molecule has 1 atom stereocenters. The Morgan fingerprint density at radius 1 is 1.22 bits per heavy atom. The van der Waals surface area contributed by atoms with Gasteiger partial charge in [0.25, 0.3) is 0 Å². The molecular formula is C20H22N4O3. The summed E-state index contributed by atoms with van der Waals surface area (Å²) in [6.07, 6.45) is 4.36. The van der Waals surface area contributed by atoms with Crippen LogP contribution in [0.5, 0.6) is 11.5 Å². The third-order valence-corrected chi connectivity index (χ3v) is 4.80. The monoisotopic (exact) mass is 366 g/mol. The second kappa shape index (κ2) is 6.66. The van der Waals surface area contributed by atoms with Gasteiger partial charge in [0.1, 0.15) is 17.2 Å². The molecule has 7 nitrogen and oxygen atoms in total. The number of methoxy groups -OCH3 is 1. The summed E-state index contributed by atoms with van der Waals surface area (Å²) in [4.78, 5) is 4.24. The number of anilines is 1. The maximum atomic E-state index is 10.4. The Morgan fingerprint density at radius 2 is 2.07 bits per heavy atom. The summed E-state index contributed by atoms with van der Waals surface area (Å²) in [7, 11) is 1.56. The van der Waals surface area contributed by atoms with Crippen LogP contribution < -0.4 is 10.1 Å². The van der Waals surface area contributed by atoms with Crippen LogP contribution in [0.15, 0.2) is 36.7 Å². The van der Waals surface area contributed by atoms with E-state index in [2.05, 4.69) is 34.3 Å². The second-order valence-electron chi connectivity index (χ2n) is 7.32. The first-order chi connectivity index (χ1) is 13.0. The topological polar surface area (TPSA) is 89.4 Å². The Hall–Kier alpha value is -2.93. The fourth-order valence-electron chi connectivity index (χ4n) is 3.47. The molecule has 1 aliphatic heterocycles. The molecule has 4 rings (SSSR count). The lowest BCUT2D eigenvalue weighted by Crippen LogP contribution is -2.23. The molecule has 1 aliphatic rings. The van der Waals surface area contributed by atoms with Crippen molar-refractivity contribution >= 4 is 16.6 Å². The van der Waals surface area contributed by atoms with Crippen molar-refractivity contribution in [2.24, 2.45) is 0 Å². The summed E-state index contributed by atoms with van der Waals surface area (Å²) in [5.74, 6) is 1.34. The highest BCUT2D eigenvalue weighted by Gasteiger charge is 2.32.